The molecule has 0 saturated heterocycles. The Labute approximate surface area is 212 Å². The monoisotopic (exact) mass is 493 g/mol. The number of nitrogens with one attached hydrogen (secondary N) is 1. The van der Waals surface area contributed by atoms with Crippen LogP contribution in [0.3, 0.4) is 0 Å². The van der Waals surface area contributed by atoms with Gasteiger partial charge in [0.2, 0.25) is 0 Å². The van der Waals surface area contributed by atoms with Crippen molar-refractivity contribution in [3.63, 3.8) is 0 Å². The number of Topliss-reactive ketones (excluding diaryl/α,β-unsaturated/α-hetero) is 1. The van der Waals surface area contributed by atoms with Crippen molar-refractivity contribution in [1.82, 2.24) is 5.32 Å². The average Bonchev–Trinajstić information content (AvgIpc) is 2.77. The van der Waals surface area contributed by atoms with Crippen LogP contribution in [0.4, 0.5) is 0 Å². The molecular formula is C29H32ClNO4. The highest BCUT2D eigenvalue weighted by Crippen LogP contribution is 2.47. The number of hydrogen-bond acceptors (Lipinski definition) is 5. The molecule has 1 heterocycles. The normalized spacial score (nSPS) is 19.3. The quantitative estimate of drug-likeness (QED) is 0.494. The van der Waals surface area contributed by atoms with E-state index in [0.29, 0.717) is 29.2 Å². The summed E-state index contributed by atoms with van der Waals surface area (Å²) in [5.41, 5.74) is 6.66. The lowest BCUT2D eigenvalue weighted by Crippen LogP contribution is -2.38. The zero-order chi connectivity index (χ0) is 25.5. The molecular weight excluding hydrogens is 462 g/mol. The Hall–Kier alpha value is -3.05. The Morgan fingerprint density at radius 1 is 1.09 bits per heavy atom. The van der Waals surface area contributed by atoms with E-state index in [1.165, 1.54) is 7.11 Å². The summed E-state index contributed by atoms with van der Waals surface area (Å²) in [7, 11) is 1.38. The van der Waals surface area contributed by atoms with Gasteiger partial charge in [0.1, 0.15) is 12.4 Å². The van der Waals surface area contributed by atoms with Crippen LogP contribution < -0.4 is 10.1 Å². The minimum Gasteiger partial charge on any atom is -0.489 e. The topological polar surface area (TPSA) is 64.6 Å². The number of benzene rings is 2. The maximum atomic E-state index is 13.5. The maximum absolute atomic E-state index is 13.5. The Balaban J connectivity index is 1.81. The minimum atomic E-state index is -0.489. The van der Waals surface area contributed by atoms with E-state index in [-0.39, 0.29) is 11.2 Å². The summed E-state index contributed by atoms with van der Waals surface area (Å²) in [6.07, 6.45) is 1.18. The summed E-state index contributed by atoms with van der Waals surface area (Å²) in [5.74, 6) is -0.125. The molecule has 2 aliphatic rings. The van der Waals surface area contributed by atoms with Crippen LogP contribution in [0.15, 0.2) is 58.9 Å². The highest BCUT2D eigenvalue weighted by molar-refractivity contribution is 6.30. The third kappa shape index (κ3) is 5.01. The standard InChI is InChI=1S/C29H32ClNO4/c1-16-11-17(2)22(12-19(16)15-35-21-9-7-20(30)8-10-21)26-25(28(33)34-6)18(3)31-23-13-29(4,5)14-24(32)27(23)26/h7-12,26,31H,13-15H2,1-6H3. The van der Waals surface area contributed by atoms with E-state index in [0.717, 1.165) is 45.8 Å². The van der Waals surface area contributed by atoms with Crippen molar-refractivity contribution in [3.8, 4) is 5.75 Å². The largest absolute Gasteiger partial charge is 0.489 e. The summed E-state index contributed by atoms with van der Waals surface area (Å²) >= 11 is 5.99. The van der Waals surface area contributed by atoms with Gasteiger partial charge in [0, 0.05) is 34.3 Å². The predicted molar refractivity (Wildman–Crippen MR) is 137 cm³/mol. The van der Waals surface area contributed by atoms with Crippen LogP contribution in [-0.4, -0.2) is 18.9 Å². The smallest absolute Gasteiger partial charge is 0.336 e. The number of methoxy groups -OCH3 is 1. The maximum Gasteiger partial charge on any atom is 0.336 e. The van der Waals surface area contributed by atoms with Gasteiger partial charge < -0.3 is 14.8 Å². The molecule has 35 heavy (non-hydrogen) atoms. The van der Waals surface area contributed by atoms with Gasteiger partial charge in [0.25, 0.3) is 0 Å². The number of hydrogen-bond donors (Lipinski definition) is 1. The van der Waals surface area contributed by atoms with Crippen LogP contribution in [0.2, 0.25) is 5.02 Å². The fourth-order valence-electron chi connectivity index (χ4n) is 5.20. The van der Waals surface area contributed by atoms with Gasteiger partial charge in [0.15, 0.2) is 5.78 Å². The molecule has 0 aromatic heterocycles. The number of carbonyl (C=O) groups excluding carboxylic acids is 2. The van der Waals surface area contributed by atoms with Crippen molar-refractivity contribution in [3.05, 3.63) is 86.2 Å². The molecule has 2 aromatic carbocycles. The molecule has 0 amide bonds. The van der Waals surface area contributed by atoms with E-state index in [2.05, 4.69) is 31.3 Å². The molecule has 184 valence electrons. The highest BCUT2D eigenvalue weighted by atomic mass is 35.5. The second-order valence-corrected chi connectivity index (χ2v) is 10.7. The number of esters is 1. The van der Waals surface area contributed by atoms with E-state index in [4.69, 9.17) is 21.1 Å². The first-order valence-electron chi connectivity index (χ1n) is 11.8. The summed E-state index contributed by atoms with van der Waals surface area (Å²) in [6.45, 7) is 10.5. The predicted octanol–water partition coefficient (Wildman–Crippen LogP) is 6.31. The van der Waals surface area contributed by atoms with E-state index in [1.54, 1.807) is 12.1 Å². The second kappa shape index (κ2) is 9.54. The molecule has 0 saturated carbocycles. The molecule has 2 aromatic rings. The van der Waals surface area contributed by atoms with Gasteiger partial charge in [-0.15, -0.1) is 0 Å². The van der Waals surface area contributed by atoms with Crippen molar-refractivity contribution in [2.45, 2.75) is 60.0 Å². The molecule has 1 atom stereocenters. The van der Waals surface area contributed by atoms with Crippen LogP contribution >= 0.6 is 11.6 Å². The first-order chi connectivity index (χ1) is 16.5. The van der Waals surface area contributed by atoms with Crippen LogP contribution in [0.1, 0.15) is 61.8 Å². The minimum absolute atomic E-state index is 0.0709. The third-order valence-corrected chi connectivity index (χ3v) is 7.14. The number of halogens is 1. The molecule has 5 nitrogen and oxygen atoms in total. The molecule has 1 unspecified atom stereocenters. The molecule has 0 bridgehead atoms. The first-order valence-corrected chi connectivity index (χ1v) is 12.2. The van der Waals surface area contributed by atoms with Crippen LogP contribution in [0.5, 0.6) is 5.75 Å². The Morgan fingerprint density at radius 3 is 2.43 bits per heavy atom. The Bertz CT molecular complexity index is 1250. The molecule has 1 aliphatic carbocycles. The van der Waals surface area contributed by atoms with Gasteiger partial charge in [0.05, 0.1) is 12.7 Å². The van der Waals surface area contributed by atoms with Gasteiger partial charge >= 0.3 is 5.97 Å². The number of carbonyl (C=O) groups is 2. The number of aryl methyl sites for hydroxylation is 2. The lowest BCUT2D eigenvalue weighted by molar-refractivity contribution is -0.136. The van der Waals surface area contributed by atoms with Crippen LogP contribution in [-0.2, 0) is 20.9 Å². The van der Waals surface area contributed by atoms with Crippen LogP contribution in [0.25, 0.3) is 0 Å². The molecule has 1 N–H and O–H groups in total. The SMILES string of the molecule is COC(=O)C1=C(C)NC2=C(C(=O)CC(C)(C)C2)C1c1cc(COc2ccc(Cl)cc2)c(C)cc1C. The summed E-state index contributed by atoms with van der Waals surface area (Å²) in [4.78, 5) is 26.5. The fraction of sp³-hybridized carbons (Fsp3) is 0.379. The van der Waals surface area contributed by atoms with Crippen molar-refractivity contribution >= 4 is 23.4 Å². The Kier molecular flexibility index (Phi) is 6.83. The van der Waals surface area contributed by atoms with E-state index in [9.17, 15) is 9.59 Å². The number of dihydropyridines is 1. The van der Waals surface area contributed by atoms with E-state index >= 15 is 0 Å². The molecule has 1 aliphatic heterocycles. The van der Waals surface area contributed by atoms with E-state index < -0.39 is 11.9 Å². The summed E-state index contributed by atoms with van der Waals surface area (Å²) in [5, 5.41) is 4.02. The number of ketones is 1. The van der Waals surface area contributed by atoms with Crippen molar-refractivity contribution in [1.29, 1.82) is 0 Å². The van der Waals surface area contributed by atoms with Crippen molar-refractivity contribution in [2.24, 2.45) is 5.41 Å². The van der Waals surface area contributed by atoms with Gasteiger partial charge in [-0.2, -0.15) is 0 Å². The average molecular weight is 494 g/mol. The first kappa shape index (κ1) is 25.1. The highest BCUT2D eigenvalue weighted by Gasteiger charge is 2.43. The van der Waals surface area contributed by atoms with Gasteiger partial charge in [-0.1, -0.05) is 37.6 Å². The second-order valence-electron chi connectivity index (χ2n) is 10.3. The molecule has 0 radical (unpaired) electrons. The van der Waals surface area contributed by atoms with Crippen LogP contribution in [0, 0.1) is 19.3 Å². The number of allylic oxidation sites excluding steroid dienone is 3. The molecule has 6 heteroatoms. The Morgan fingerprint density at radius 2 is 1.77 bits per heavy atom. The summed E-state index contributed by atoms with van der Waals surface area (Å²) < 4.78 is 11.2. The fourth-order valence-corrected chi connectivity index (χ4v) is 5.33. The zero-order valence-corrected chi connectivity index (χ0v) is 21.9. The lowest BCUT2D eigenvalue weighted by Gasteiger charge is -2.39. The molecule has 0 spiro atoms. The number of ether oxygens (including phenoxy) is 2. The van der Waals surface area contributed by atoms with E-state index in [1.807, 2.05) is 32.9 Å². The van der Waals surface area contributed by atoms with Gasteiger partial charge in [-0.25, -0.2) is 4.79 Å². The molecule has 0 fully saturated rings. The lowest BCUT2D eigenvalue weighted by atomic mass is 9.68. The van der Waals surface area contributed by atoms with Gasteiger partial charge in [-0.05, 0) is 79.1 Å². The van der Waals surface area contributed by atoms with Gasteiger partial charge in [-0.3, -0.25) is 4.79 Å². The van der Waals surface area contributed by atoms with Crippen molar-refractivity contribution < 1.29 is 19.1 Å². The third-order valence-electron chi connectivity index (χ3n) is 6.89. The van der Waals surface area contributed by atoms with Crippen molar-refractivity contribution in [2.75, 3.05) is 7.11 Å². The summed E-state index contributed by atoms with van der Waals surface area (Å²) in [6, 6.07) is 11.4. The number of rotatable bonds is 5. The molecule has 4 rings (SSSR count). The zero-order valence-electron chi connectivity index (χ0n) is 21.2.